The Bertz CT molecular complexity index is 5340. The van der Waals surface area contributed by atoms with Crippen LogP contribution in [0.4, 0.5) is 38.9 Å². The van der Waals surface area contributed by atoms with Crippen molar-refractivity contribution in [2.24, 2.45) is 0 Å². The Morgan fingerprint density at radius 3 is 0.915 bits per heavy atom. The molecule has 0 aliphatic rings. The number of anilines is 6. The number of hydrogen-bond acceptors (Lipinski definition) is 23. The summed E-state index contributed by atoms with van der Waals surface area (Å²) in [4.78, 5) is 57.6. The Morgan fingerprint density at radius 1 is 0.309 bits per heavy atom. The normalized spacial score (nSPS) is 12.6. The number of aryl methyl sites for hydroxylation is 2. The first-order valence-electron chi connectivity index (χ1n) is 24.9. The standard InChI is InChI=1S/C51H40N6O29S8/c1-23-3-7-27(52-37-11-13-39(89(69,70)71)33-19-29(87(63,64)65)21-43(45(33)37)93(81,82)83)17-31(23)49(60)54-35-9-5-25(15-41(35)91(75,76)77)47(58)56-51(62)57-48(59)26-6-10-36(42(16-26)92(78,79)80)55-50(61)32-18-28(8-4-24(32)2)53-38-12-14-40(90(72,73)74)34-20-30(88(66,67)68)22-44(46(34)38)94(84,85)86/h3-22,52-53H,1-2H3,(H,54,60)(H,55,61)(H,63,64,65)(H,66,67,68)(H,69,70,71)(H,72,73,74)(H,75,76,77)(H,78,79,80)(H,81,82,83)(H,84,85,86)(H2,56,57,58,59,62). The highest BCUT2D eigenvalue weighted by atomic mass is 32.2. The van der Waals surface area contributed by atoms with Crippen LogP contribution in [0.25, 0.3) is 21.5 Å². The summed E-state index contributed by atoms with van der Waals surface area (Å²) in [6.07, 6.45) is 0. The van der Waals surface area contributed by atoms with Crippen molar-refractivity contribution in [3.8, 4) is 0 Å². The van der Waals surface area contributed by atoms with E-state index in [4.69, 9.17) is 0 Å². The van der Waals surface area contributed by atoms with Gasteiger partial charge in [-0.3, -0.25) is 66.2 Å². The van der Waals surface area contributed by atoms with Crippen molar-refractivity contribution < 1.29 is 128 Å². The van der Waals surface area contributed by atoms with Gasteiger partial charge < -0.3 is 21.3 Å². The van der Waals surface area contributed by atoms with E-state index in [9.17, 15) is 128 Å². The van der Waals surface area contributed by atoms with Gasteiger partial charge in [-0.2, -0.15) is 67.3 Å². The maximum Gasteiger partial charge on any atom is 0.328 e. The number of fused-ring (bicyclic) bond motifs is 2. The summed E-state index contributed by atoms with van der Waals surface area (Å²) < 4.78 is 278. The third-order valence-electron chi connectivity index (χ3n) is 13.2. The molecule has 0 radical (unpaired) electrons. The lowest BCUT2D eigenvalue weighted by atomic mass is 10.1. The molecule has 0 atom stereocenters. The van der Waals surface area contributed by atoms with Crippen LogP contribution in [0.2, 0.25) is 0 Å². The molecule has 0 aromatic heterocycles. The highest BCUT2D eigenvalue weighted by molar-refractivity contribution is 7.88. The number of carbonyl (C=O) groups excluding carboxylic acids is 5. The van der Waals surface area contributed by atoms with Crippen LogP contribution in [0.15, 0.2) is 160 Å². The molecule has 0 saturated heterocycles. The van der Waals surface area contributed by atoms with Crippen LogP contribution in [0.3, 0.4) is 0 Å². The van der Waals surface area contributed by atoms with Crippen molar-refractivity contribution in [2.45, 2.75) is 53.0 Å². The summed E-state index contributed by atoms with van der Waals surface area (Å²) >= 11 is 0. The van der Waals surface area contributed by atoms with Gasteiger partial charge in [0.2, 0.25) is 0 Å². The van der Waals surface area contributed by atoms with Crippen LogP contribution >= 0.6 is 0 Å². The predicted octanol–water partition coefficient (Wildman–Crippen LogP) is 4.86. The minimum Gasteiger partial charge on any atom is -0.355 e. The van der Waals surface area contributed by atoms with Crippen LogP contribution < -0.4 is 31.9 Å². The van der Waals surface area contributed by atoms with Crippen LogP contribution in [0, 0.1) is 13.8 Å². The number of benzene rings is 8. The molecular weight excluding hydrogens is 1420 g/mol. The predicted molar refractivity (Wildman–Crippen MR) is 324 cm³/mol. The van der Waals surface area contributed by atoms with Crippen LogP contribution in [-0.2, 0) is 80.9 Å². The van der Waals surface area contributed by atoms with Crippen molar-refractivity contribution in [1.29, 1.82) is 0 Å². The minimum absolute atomic E-state index is 0.137. The number of carbonyl (C=O) groups is 5. The minimum atomic E-state index is -5.49. The van der Waals surface area contributed by atoms with Gasteiger partial charge in [0.25, 0.3) is 105 Å². The zero-order valence-electron chi connectivity index (χ0n) is 46.5. The van der Waals surface area contributed by atoms with Gasteiger partial charge in [0.15, 0.2) is 0 Å². The molecule has 0 aliphatic carbocycles. The van der Waals surface area contributed by atoms with Gasteiger partial charge in [0.05, 0.1) is 21.2 Å². The quantitative estimate of drug-likeness (QED) is 0.0510. The van der Waals surface area contributed by atoms with Gasteiger partial charge >= 0.3 is 6.03 Å². The molecule has 6 amide bonds. The molecule has 0 saturated carbocycles. The fourth-order valence-corrected chi connectivity index (χ4v) is 14.5. The monoisotopic (exact) mass is 1460 g/mol. The van der Waals surface area contributed by atoms with Gasteiger partial charge in [-0.05, 0) is 134 Å². The smallest absolute Gasteiger partial charge is 0.328 e. The van der Waals surface area contributed by atoms with Crippen molar-refractivity contribution >= 4 is 166 Å². The SMILES string of the molecule is Cc1ccc(Nc2ccc(S(=O)(=O)O)c3cc(S(=O)(=O)O)cc(S(=O)(=O)O)c23)cc1C(=O)Nc1ccc(C(=O)NC(=O)NC(=O)c2ccc(NC(=O)c3cc(Nc4ccc(S(=O)(=O)O)c5cc(S(=O)(=O)O)cc(S(=O)(=O)O)c45)ccc3C)c(S(=O)(=O)O)c2)cc1S(=O)(=O)O. The maximum atomic E-state index is 13.8. The second-order valence-electron chi connectivity index (χ2n) is 19.6. The maximum absolute atomic E-state index is 13.8. The Kier molecular flexibility index (Phi) is 18.7. The molecule has 8 rings (SSSR count). The largest absolute Gasteiger partial charge is 0.355 e. The van der Waals surface area contributed by atoms with Gasteiger partial charge in [-0.25, -0.2) is 4.79 Å². The van der Waals surface area contributed by atoms with E-state index in [1.54, 1.807) is 10.6 Å². The van der Waals surface area contributed by atoms with Crippen molar-refractivity contribution in [2.75, 3.05) is 21.3 Å². The van der Waals surface area contributed by atoms with E-state index in [1.807, 2.05) is 0 Å². The van der Waals surface area contributed by atoms with Crippen LogP contribution in [0.1, 0.15) is 52.6 Å². The average molecular weight is 1460 g/mol. The van der Waals surface area contributed by atoms with E-state index in [0.717, 1.165) is 48.5 Å². The Labute approximate surface area is 530 Å². The highest BCUT2D eigenvalue weighted by Crippen LogP contribution is 2.41. The molecule has 0 heterocycles. The third kappa shape index (κ3) is 15.5. The Morgan fingerprint density at radius 2 is 0.617 bits per heavy atom. The molecule has 0 bridgehead atoms. The average Bonchev–Trinajstić information content (AvgIpc) is 0.747. The molecule has 0 spiro atoms. The molecule has 8 aromatic carbocycles. The van der Waals surface area contributed by atoms with E-state index in [1.165, 1.54) is 38.1 Å². The first-order chi connectivity index (χ1) is 43.0. The van der Waals surface area contributed by atoms with Gasteiger partial charge in [0.1, 0.15) is 29.4 Å². The van der Waals surface area contributed by atoms with Crippen molar-refractivity contribution in [3.05, 3.63) is 155 Å². The van der Waals surface area contributed by atoms with E-state index in [2.05, 4.69) is 21.3 Å². The number of urea groups is 1. The zero-order chi connectivity index (χ0) is 70.1. The second kappa shape index (κ2) is 24.9. The number of imide groups is 2. The number of nitrogens with one attached hydrogen (secondary N) is 6. The van der Waals surface area contributed by atoms with E-state index in [0.29, 0.717) is 36.4 Å². The van der Waals surface area contributed by atoms with E-state index < -0.39 is 205 Å². The molecule has 8 aromatic rings. The first kappa shape index (κ1) is 70.6. The van der Waals surface area contributed by atoms with Crippen LogP contribution in [0.5, 0.6) is 0 Å². The topological polar surface area (TPSA) is 592 Å². The summed E-state index contributed by atoms with van der Waals surface area (Å²) in [5.74, 6) is -5.28. The molecule has 43 heteroatoms. The lowest BCUT2D eigenvalue weighted by Crippen LogP contribution is -2.42. The number of hydrogen-bond donors (Lipinski definition) is 14. The molecule has 0 unspecified atom stereocenters. The molecule has 496 valence electrons. The third-order valence-corrected chi connectivity index (χ3v) is 20.3. The Hall–Kier alpha value is -9.29. The van der Waals surface area contributed by atoms with E-state index >= 15 is 0 Å². The van der Waals surface area contributed by atoms with Gasteiger partial charge in [0, 0.05) is 66.5 Å². The molecule has 94 heavy (non-hydrogen) atoms. The lowest BCUT2D eigenvalue weighted by Gasteiger charge is -2.17. The molecule has 0 fully saturated rings. The zero-order valence-corrected chi connectivity index (χ0v) is 53.0. The van der Waals surface area contributed by atoms with Crippen molar-refractivity contribution in [1.82, 2.24) is 10.6 Å². The number of rotatable bonds is 18. The van der Waals surface area contributed by atoms with E-state index in [-0.39, 0.29) is 45.8 Å². The highest BCUT2D eigenvalue weighted by Gasteiger charge is 2.31. The fraction of sp³-hybridized carbons (Fsp3) is 0.0392. The molecule has 14 N–H and O–H groups in total. The molecular formula is C51H40N6O29S8. The fourth-order valence-electron chi connectivity index (χ4n) is 9.07. The van der Waals surface area contributed by atoms with Crippen LogP contribution in [-0.4, -0.2) is 133 Å². The summed E-state index contributed by atoms with van der Waals surface area (Å²) in [7, 11) is -43.0. The Balaban J connectivity index is 0.991. The first-order valence-corrected chi connectivity index (χ1v) is 36.4. The van der Waals surface area contributed by atoms with Gasteiger partial charge in [-0.15, -0.1) is 0 Å². The molecule has 0 aliphatic heterocycles. The molecule has 35 nitrogen and oxygen atoms in total. The summed E-state index contributed by atoms with van der Waals surface area (Å²) in [5, 5.41) is 9.79. The van der Waals surface area contributed by atoms with Gasteiger partial charge in [-0.1, -0.05) is 12.1 Å². The lowest BCUT2D eigenvalue weighted by molar-refractivity contribution is 0.0941. The second-order valence-corrected chi connectivity index (χ2v) is 30.8. The number of amides is 6. The summed E-state index contributed by atoms with van der Waals surface area (Å²) in [6.45, 7) is 2.73. The summed E-state index contributed by atoms with van der Waals surface area (Å²) in [6, 6.07) is 14.2. The summed E-state index contributed by atoms with van der Waals surface area (Å²) in [5.41, 5.74) is -4.40. The van der Waals surface area contributed by atoms with Crippen molar-refractivity contribution in [3.63, 3.8) is 0 Å².